The van der Waals surface area contributed by atoms with Gasteiger partial charge in [-0.15, -0.1) is 0 Å². The van der Waals surface area contributed by atoms with Crippen molar-refractivity contribution in [2.75, 3.05) is 10.6 Å². The van der Waals surface area contributed by atoms with Gasteiger partial charge in [-0.05, 0) is 169 Å². The van der Waals surface area contributed by atoms with Gasteiger partial charge in [0.15, 0.2) is 0 Å². The van der Waals surface area contributed by atoms with Crippen LogP contribution in [-0.4, -0.2) is 29.9 Å². The van der Waals surface area contributed by atoms with E-state index in [1.165, 1.54) is 89.5 Å². The number of aromatic amines is 2. The normalized spacial score (nSPS) is 14.0. The fraction of sp³-hybridized carbons (Fsp3) is 0.481. The average molecular weight is 893 g/mol. The second-order valence-electron chi connectivity index (χ2n) is 18.0. The molecule has 0 spiro atoms. The van der Waals surface area contributed by atoms with Crippen molar-refractivity contribution in [3.05, 3.63) is 149 Å². The Balaban J connectivity index is 1.22. The minimum absolute atomic E-state index is 0.683. The van der Waals surface area contributed by atoms with Gasteiger partial charge in [0.2, 0.25) is 11.9 Å². The average Bonchev–Trinajstić information content (AvgIpc) is 3.95. The first-order chi connectivity index (χ1) is 32.1. The third-order valence-corrected chi connectivity index (χ3v) is 13.4. The van der Waals surface area contributed by atoms with Crippen LogP contribution in [0.15, 0.2) is 36.4 Å². The smallest absolute Gasteiger partial charge is 0.223 e. The molecular formula is C54H76N12. The fourth-order valence-electron chi connectivity index (χ4n) is 10.7. The molecule has 4 aromatic heterocycles. The minimum atomic E-state index is 0.683. The van der Waals surface area contributed by atoms with Crippen LogP contribution < -0.4 is 31.9 Å². The Morgan fingerprint density at radius 2 is 0.621 bits per heavy atom. The van der Waals surface area contributed by atoms with Gasteiger partial charge in [0, 0.05) is 111 Å². The largest absolute Gasteiger partial charge is 0.360 e. The first-order valence-electron chi connectivity index (χ1n) is 24.7. The van der Waals surface area contributed by atoms with E-state index < -0.39 is 0 Å². The summed E-state index contributed by atoms with van der Waals surface area (Å²) < 4.78 is 0. The lowest BCUT2D eigenvalue weighted by atomic mass is 9.83. The Morgan fingerprint density at radius 3 is 0.864 bits per heavy atom. The van der Waals surface area contributed by atoms with Crippen LogP contribution in [0.4, 0.5) is 11.9 Å². The molecule has 0 unspecified atom stereocenters. The highest BCUT2D eigenvalue weighted by Gasteiger charge is 2.24. The standard InChI is InChI=1S/C54H76N12/c1-11-41-47-27-55-23-37-17-19-39(65-37)25-57-29-49-42(12-2)50(46(16-6)52(45(49)15-5)32-60-54-63-35(9)22-36(10)64-54)30-58-26-40-20-18-38(66-40)24-56-28-48(41)44(14-4)51(43(47)13-3)31-59-53-61-33(7)21-34(8)62-53/h17-22,55-58,65-66H,11-16,23-32H2,1-10H3,(H,59,61,62)(H,60,63,64). The van der Waals surface area contributed by atoms with E-state index in [9.17, 15) is 0 Å². The van der Waals surface area contributed by atoms with Crippen molar-refractivity contribution in [3.63, 3.8) is 0 Å². The van der Waals surface area contributed by atoms with E-state index in [1.54, 1.807) is 0 Å². The molecule has 0 saturated carbocycles. The zero-order chi connectivity index (χ0) is 46.7. The summed E-state index contributed by atoms with van der Waals surface area (Å²) in [5.74, 6) is 1.38. The Kier molecular flexibility index (Phi) is 16.8. The van der Waals surface area contributed by atoms with Crippen LogP contribution in [0.2, 0.25) is 0 Å². The summed E-state index contributed by atoms with van der Waals surface area (Å²) in [6.07, 6.45) is 5.75. The summed E-state index contributed by atoms with van der Waals surface area (Å²) >= 11 is 0. The van der Waals surface area contributed by atoms with Crippen molar-refractivity contribution in [2.24, 2.45) is 0 Å². The molecule has 0 fully saturated rings. The van der Waals surface area contributed by atoms with Gasteiger partial charge < -0.3 is 41.9 Å². The Labute approximate surface area is 394 Å². The highest BCUT2D eigenvalue weighted by atomic mass is 15.1. The first-order valence-corrected chi connectivity index (χ1v) is 24.7. The van der Waals surface area contributed by atoms with Gasteiger partial charge in [0.1, 0.15) is 0 Å². The number of H-pyrrole nitrogens is 2. The molecule has 8 bridgehead atoms. The molecule has 0 radical (unpaired) electrons. The summed E-state index contributed by atoms with van der Waals surface area (Å²) in [7, 11) is 0. The zero-order valence-corrected chi connectivity index (χ0v) is 41.6. The van der Waals surface area contributed by atoms with Crippen molar-refractivity contribution in [3.8, 4) is 0 Å². The van der Waals surface area contributed by atoms with Crippen molar-refractivity contribution >= 4 is 11.9 Å². The number of hydrogen-bond donors (Lipinski definition) is 8. The molecule has 6 aromatic rings. The Hall–Kier alpha value is -5.40. The van der Waals surface area contributed by atoms with Crippen molar-refractivity contribution < 1.29 is 0 Å². The second-order valence-corrected chi connectivity index (χ2v) is 18.0. The summed E-state index contributed by atoms with van der Waals surface area (Å²) in [5, 5.41) is 22.8. The maximum absolute atomic E-state index is 4.74. The van der Waals surface area contributed by atoms with E-state index in [4.69, 9.17) is 19.9 Å². The van der Waals surface area contributed by atoms with E-state index in [1.807, 2.05) is 39.8 Å². The topological polar surface area (TPSA) is 155 Å². The molecule has 1 aliphatic heterocycles. The lowest BCUT2D eigenvalue weighted by Crippen LogP contribution is -2.24. The van der Waals surface area contributed by atoms with E-state index in [0.717, 1.165) is 114 Å². The lowest BCUT2D eigenvalue weighted by Gasteiger charge is -2.27. The summed E-state index contributed by atoms with van der Waals surface area (Å²) in [6.45, 7) is 29.5. The molecule has 5 heterocycles. The van der Waals surface area contributed by atoms with Gasteiger partial charge in [0.05, 0.1) is 0 Å². The summed E-state index contributed by atoms with van der Waals surface area (Å²) in [4.78, 5) is 26.5. The maximum atomic E-state index is 4.74. The molecule has 8 N–H and O–H groups in total. The molecule has 1 aliphatic rings. The van der Waals surface area contributed by atoms with Crippen LogP contribution in [0, 0.1) is 27.7 Å². The molecule has 0 saturated heterocycles. The van der Waals surface area contributed by atoms with Crippen LogP contribution >= 0.6 is 0 Å². The summed E-state index contributed by atoms with van der Waals surface area (Å²) in [5.41, 5.74) is 25.7. The van der Waals surface area contributed by atoms with Gasteiger partial charge in [-0.2, -0.15) is 0 Å². The molecule has 2 aromatic carbocycles. The van der Waals surface area contributed by atoms with Crippen LogP contribution in [0.5, 0.6) is 0 Å². The number of aryl methyl sites for hydroxylation is 4. The van der Waals surface area contributed by atoms with E-state index in [-0.39, 0.29) is 0 Å². The Morgan fingerprint density at radius 1 is 0.364 bits per heavy atom. The van der Waals surface area contributed by atoms with Crippen LogP contribution in [-0.2, 0) is 104 Å². The van der Waals surface area contributed by atoms with Gasteiger partial charge in [-0.3, -0.25) is 0 Å². The maximum Gasteiger partial charge on any atom is 0.223 e. The number of aromatic nitrogens is 6. The predicted molar refractivity (Wildman–Crippen MR) is 271 cm³/mol. The third-order valence-electron chi connectivity index (χ3n) is 13.4. The number of rotatable bonds is 12. The predicted octanol–water partition coefficient (Wildman–Crippen LogP) is 9.23. The SMILES string of the molecule is CCc1c2c(CC)c(CNc3nc(C)cc(C)n3)c(CC)c1CNCc1ccc([nH]1)CNCc1c(CC)c(c(CC)c(CNc3nc(C)cc(C)n3)c1CC)CNCc1ccc([nH]1)CNC2. The van der Waals surface area contributed by atoms with Gasteiger partial charge in [-0.25, -0.2) is 19.9 Å². The number of hydrogen-bond acceptors (Lipinski definition) is 10. The van der Waals surface area contributed by atoms with E-state index in [2.05, 4.69) is 108 Å². The number of nitrogens with zero attached hydrogens (tertiary/aromatic N) is 4. The number of fused-ring (bicyclic) bond motifs is 8. The molecule has 352 valence electrons. The third kappa shape index (κ3) is 11.4. The highest BCUT2D eigenvalue weighted by Crippen LogP contribution is 2.33. The fourth-order valence-corrected chi connectivity index (χ4v) is 10.7. The summed E-state index contributed by atoms with van der Waals surface area (Å²) in [6, 6.07) is 13.0. The molecule has 12 nitrogen and oxygen atoms in total. The number of nitrogens with one attached hydrogen (secondary N) is 8. The van der Waals surface area contributed by atoms with Gasteiger partial charge >= 0.3 is 0 Å². The lowest BCUT2D eigenvalue weighted by molar-refractivity contribution is 0.637. The Bertz CT molecular complexity index is 2260. The zero-order valence-electron chi connectivity index (χ0n) is 41.6. The van der Waals surface area contributed by atoms with Crippen LogP contribution in [0.25, 0.3) is 0 Å². The van der Waals surface area contributed by atoms with Gasteiger partial charge in [-0.1, -0.05) is 41.5 Å². The second kappa shape index (κ2) is 22.9. The molecule has 7 rings (SSSR count). The monoisotopic (exact) mass is 893 g/mol. The number of anilines is 2. The van der Waals surface area contributed by atoms with E-state index in [0.29, 0.717) is 25.0 Å². The van der Waals surface area contributed by atoms with Gasteiger partial charge in [0.25, 0.3) is 0 Å². The first kappa shape index (κ1) is 48.5. The van der Waals surface area contributed by atoms with Crippen molar-refractivity contribution in [1.29, 1.82) is 0 Å². The molecule has 0 atom stereocenters. The highest BCUT2D eigenvalue weighted by molar-refractivity contribution is 5.55. The van der Waals surface area contributed by atoms with Crippen LogP contribution in [0.3, 0.4) is 0 Å². The molecule has 0 amide bonds. The minimum Gasteiger partial charge on any atom is -0.360 e. The molecule has 66 heavy (non-hydrogen) atoms. The number of benzene rings is 2. The molecule has 0 aliphatic carbocycles. The van der Waals surface area contributed by atoms with Crippen molar-refractivity contribution in [1.82, 2.24) is 51.2 Å². The molecular weight excluding hydrogens is 817 g/mol. The van der Waals surface area contributed by atoms with Crippen molar-refractivity contribution in [2.45, 2.75) is 173 Å². The molecule has 12 heteroatoms. The van der Waals surface area contributed by atoms with Crippen LogP contribution in [0.1, 0.15) is 154 Å². The quantitative estimate of drug-likeness (QED) is 0.0597. The van der Waals surface area contributed by atoms with E-state index >= 15 is 0 Å².